The summed E-state index contributed by atoms with van der Waals surface area (Å²) in [6.07, 6.45) is 2.29. The summed E-state index contributed by atoms with van der Waals surface area (Å²) in [5.41, 5.74) is -0.00984. The lowest BCUT2D eigenvalue weighted by molar-refractivity contribution is -0.0962. The van der Waals surface area contributed by atoms with Gasteiger partial charge in [-0.2, -0.15) is 0 Å². The molecule has 1 saturated heterocycles. The maximum Gasteiger partial charge on any atom is 0.0644 e. The number of hydrogen-bond donors (Lipinski definition) is 0. The second-order valence-corrected chi connectivity index (χ2v) is 4.34. The van der Waals surface area contributed by atoms with Gasteiger partial charge in [-0.05, 0) is 33.6 Å². The Kier molecular flexibility index (Phi) is 2.26. The molecule has 10 heavy (non-hydrogen) atoms. The second kappa shape index (κ2) is 2.71. The van der Waals surface area contributed by atoms with Crippen LogP contribution in [0, 0.1) is 0 Å². The first-order valence-electron chi connectivity index (χ1n) is 3.81. The zero-order valence-corrected chi connectivity index (χ0v) is 7.61. The quantitative estimate of drug-likeness (QED) is 0.498. The van der Waals surface area contributed by atoms with Gasteiger partial charge in [-0.1, -0.05) is 0 Å². The van der Waals surface area contributed by atoms with Crippen molar-refractivity contribution in [2.45, 2.75) is 50.7 Å². The number of halogens is 1. The lowest BCUT2D eigenvalue weighted by atomic mass is 9.95. The van der Waals surface area contributed by atoms with Gasteiger partial charge in [0.05, 0.1) is 11.7 Å². The predicted molar refractivity (Wildman–Crippen MR) is 43.5 cm³/mol. The average Bonchev–Trinajstić information content (AvgIpc) is 1.54. The molecule has 60 valence electrons. The molecule has 0 aliphatic carbocycles. The first kappa shape index (κ1) is 8.35. The van der Waals surface area contributed by atoms with Gasteiger partial charge in [-0.15, -0.1) is 11.6 Å². The van der Waals surface area contributed by atoms with Crippen molar-refractivity contribution in [1.82, 2.24) is 0 Å². The van der Waals surface area contributed by atoms with Crippen molar-refractivity contribution in [2.24, 2.45) is 0 Å². The molecule has 0 bridgehead atoms. The van der Waals surface area contributed by atoms with E-state index in [4.69, 9.17) is 16.3 Å². The molecule has 1 fully saturated rings. The topological polar surface area (TPSA) is 9.23 Å². The minimum absolute atomic E-state index is 0.00984. The summed E-state index contributed by atoms with van der Waals surface area (Å²) in [4.78, 5) is 0. The molecule has 0 N–H and O–H groups in total. The molecule has 2 unspecified atom stereocenters. The van der Waals surface area contributed by atoms with E-state index < -0.39 is 0 Å². The molecule has 0 aromatic heterocycles. The second-order valence-electron chi connectivity index (χ2n) is 3.73. The standard InChI is InChI=1S/C8H15ClO/c1-6-4-7(9)5-8(2,3)10-6/h6-7H,4-5H2,1-3H3. The number of ether oxygens (including phenoxy) is 1. The van der Waals surface area contributed by atoms with Crippen molar-refractivity contribution < 1.29 is 4.74 Å². The highest BCUT2D eigenvalue weighted by Gasteiger charge is 2.31. The third-order valence-corrected chi connectivity index (χ3v) is 2.15. The first-order valence-corrected chi connectivity index (χ1v) is 4.25. The maximum absolute atomic E-state index is 6.02. The number of alkyl halides is 1. The average molecular weight is 163 g/mol. The largest absolute Gasteiger partial charge is 0.373 e. The Morgan fingerprint density at radius 2 is 2.10 bits per heavy atom. The van der Waals surface area contributed by atoms with Gasteiger partial charge in [-0.25, -0.2) is 0 Å². The highest BCUT2D eigenvalue weighted by Crippen LogP contribution is 2.30. The van der Waals surface area contributed by atoms with Crippen LogP contribution in [0.25, 0.3) is 0 Å². The first-order chi connectivity index (χ1) is 4.49. The summed E-state index contributed by atoms with van der Waals surface area (Å²) in [5, 5.41) is 0.304. The molecule has 0 spiro atoms. The Morgan fingerprint density at radius 1 is 1.50 bits per heavy atom. The fraction of sp³-hybridized carbons (Fsp3) is 1.00. The Bertz CT molecular complexity index is 110. The molecule has 1 nitrogen and oxygen atoms in total. The molecule has 1 aliphatic rings. The lowest BCUT2D eigenvalue weighted by Gasteiger charge is -2.36. The van der Waals surface area contributed by atoms with Crippen LogP contribution in [-0.2, 0) is 4.74 Å². The van der Waals surface area contributed by atoms with Crippen LogP contribution in [0.1, 0.15) is 33.6 Å². The van der Waals surface area contributed by atoms with Crippen LogP contribution in [0.15, 0.2) is 0 Å². The SMILES string of the molecule is CC1CC(Cl)CC(C)(C)O1. The van der Waals surface area contributed by atoms with E-state index in [1.54, 1.807) is 0 Å². The third-order valence-electron chi connectivity index (χ3n) is 1.82. The summed E-state index contributed by atoms with van der Waals surface area (Å²) in [5.74, 6) is 0. The Labute approximate surface area is 67.7 Å². The van der Waals surface area contributed by atoms with Gasteiger partial charge < -0.3 is 4.74 Å². The van der Waals surface area contributed by atoms with E-state index in [1.807, 2.05) is 0 Å². The van der Waals surface area contributed by atoms with Crippen molar-refractivity contribution in [1.29, 1.82) is 0 Å². The van der Waals surface area contributed by atoms with E-state index >= 15 is 0 Å². The van der Waals surface area contributed by atoms with E-state index in [1.165, 1.54) is 0 Å². The summed E-state index contributed by atoms with van der Waals surface area (Å²) in [7, 11) is 0. The molecule has 1 rings (SSSR count). The molecule has 2 heteroatoms. The number of hydrogen-bond acceptors (Lipinski definition) is 1. The van der Waals surface area contributed by atoms with E-state index in [0.717, 1.165) is 12.8 Å². The van der Waals surface area contributed by atoms with Gasteiger partial charge in [0, 0.05) is 5.38 Å². The molecule has 0 radical (unpaired) electrons. The smallest absolute Gasteiger partial charge is 0.0644 e. The monoisotopic (exact) mass is 162 g/mol. The van der Waals surface area contributed by atoms with Gasteiger partial charge >= 0.3 is 0 Å². The molecular formula is C8H15ClO. The molecule has 0 saturated carbocycles. The van der Waals surface area contributed by atoms with Crippen molar-refractivity contribution in [3.63, 3.8) is 0 Å². The van der Waals surface area contributed by atoms with Crippen LogP contribution < -0.4 is 0 Å². The van der Waals surface area contributed by atoms with Crippen LogP contribution in [0.5, 0.6) is 0 Å². The van der Waals surface area contributed by atoms with Crippen LogP contribution in [0.4, 0.5) is 0 Å². The lowest BCUT2D eigenvalue weighted by Crippen LogP contribution is -2.38. The van der Waals surface area contributed by atoms with Crippen molar-refractivity contribution in [3.8, 4) is 0 Å². The minimum Gasteiger partial charge on any atom is -0.373 e. The summed E-state index contributed by atoms with van der Waals surface area (Å²) in [6, 6.07) is 0. The molecule has 1 aliphatic heterocycles. The van der Waals surface area contributed by atoms with Gasteiger partial charge in [0.2, 0.25) is 0 Å². The molecule has 0 amide bonds. The molecular weight excluding hydrogens is 148 g/mol. The van der Waals surface area contributed by atoms with Gasteiger partial charge in [0.15, 0.2) is 0 Å². The molecule has 2 atom stereocenters. The summed E-state index contributed by atoms with van der Waals surface area (Å²) >= 11 is 6.02. The van der Waals surface area contributed by atoms with Crippen molar-refractivity contribution in [3.05, 3.63) is 0 Å². The summed E-state index contributed by atoms with van der Waals surface area (Å²) in [6.45, 7) is 6.27. The van der Waals surface area contributed by atoms with Gasteiger partial charge in [0.1, 0.15) is 0 Å². The normalized spacial score (nSPS) is 39.6. The molecule has 1 heterocycles. The fourth-order valence-corrected chi connectivity index (χ4v) is 2.24. The zero-order chi connectivity index (χ0) is 7.78. The maximum atomic E-state index is 6.02. The summed E-state index contributed by atoms with van der Waals surface area (Å²) < 4.78 is 5.66. The number of rotatable bonds is 0. The van der Waals surface area contributed by atoms with Crippen LogP contribution in [0.3, 0.4) is 0 Å². The van der Waals surface area contributed by atoms with Crippen LogP contribution in [-0.4, -0.2) is 17.1 Å². The highest BCUT2D eigenvalue weighted by molar-refractivity contribution is 6.20. The minimum atomic E-state index is -0.00984. The van der Waals surface area contributed by atoms with Crippen LogP contribution >= 0.6 is 11.6 Å². The van der Waals surface area contributed by atoms with Crippen LogP contribution in [0.2, 0.25) is 0 Å². The Balaban J connectivity index is 2.51. The third kappa shape index (κ3) is 2.14. The van der Waals surface area contributed by atoms with E-state index in [0.29, 0.717) is 11.5 Å². The zero-order valence-electron chi connectivity index (χ0n) is 6.86. The Hall–Kier alpha value is 0.250. The van der Waals surface area contributed by atoms with Gasteiger partial charge in [0.25, 0.3) is 0 Å². The highest BCUT2D eigenvalue weighted by atomic mass is 35.5. The van der Waals surface area contributed by atoms with E-state index in [9.17, 15) is 0 Å². The van der Waals surface area contributed by atoms with E-state index in [-0.39, 0.29) is 5.60 Å². The van der Waals surface area contributed by atoms with Gasteiger partial charge in [-0.3, -0.25) is 0 Å². The molecule has 0 aromatic rings. The van der Waals surface area contributed by atoms with E-state index in [2.05, 4.69) is 20.8 Å². The fourth-order valence-electron chi connectivity index (χ4n) is 1.62. The Morgan fingerprint density at radius 3 is 2.50 bits per heavy atom. The molecule has 0 aromatic carbocycles. The predicted octanol–water partition coefficient (Wildman–Crippen LogP) is 2.57. The van der Waals surface area contributed by atoms with Crippen molar-refractivity contribution in [2.75, 3.05) is 0 Å². The van der Waals surface area contributed by atoms with Crippen molar-refractivity contribution >= 4 is 11.6 Å².